The quantitative estimate of drug-likeness (QED) is 0.464. The lowest BCUT2D eigenvalue weighted by atomic mass is 10.3. The van der Waals surface area contributed by atoms with Crippen molar-refractivity contribution in [3.05, 3.63) is 0 Å². The summed E-state index contributed by atoms with van der Waals surface area (Å²) >= 11 is 0. The summed E-state index contributed by atoms with van der Waals surface area (Å²) in [5.41, 5.74) is 6.71. The molecular weight excluding hydrogens is 74.1 g/mol. The first-order valence-electron chi connectivity index (χ1n) is 2.56. The molecule has 37 valence electrons. The lowest BCUT2D eigenvalue weighted by Gasteiger charge is -1.85. The Morgan fingerprint density at radius 3 is 2.17 bits per heavy atom. The first-order chi connectivity index (χ1) is 2.91. The molecule has 0 aromatic heterocycles. The van der Waals surface area contributed by atoms with Crippen molar-refractivity contribution < 1.29 is 0 Å². The van der Waals surface area contributed by atoms with Crippen LogP contribution in [0.1, 0.15) is 26.2 Å². The second-order valence-corrected chi connectivity index (χ2v) is 1.46. The molecule has 0 aliphatic rings. The predicted octanol–water partition coefficient (Wildman–Crippen LogP) is 1.46. The average Bonchev–Trinajstić information content (AvgIpc) is 1.61. The third-order valence-corrected chi connectivity index (χ3v) is 0.780. The maximum absolute atomic E-state index is 6.71. The molecule has 1 N–H and O–H groups in total. The molecule has 1 nitrogen and oxygen atoms in total. The Kier molecular flexibility index (Phi) is 4.93. The minimum absolute atomic E-state index is 0.605. The van der Waals surface area contributed by atoms with Crippen LogP contribution in [0.5, 0.6) is 0 Å². The third-order valence-electron chi connectivity index (χ3n) is 0.780. The molecular formula is C5H12N. The lowest BCUT2D eigenvalue weighted by molar-refractivity contribution is 0.719. The van der Waals surface area contributed by atoms with E-state index in [9.17, 15) is 0 Å². The minimum Gasteiger partial charge on any atom is -0.258 e. The van der Waals surface area contributed by atoms with Gasteiger partial charge in [-0.25, -0.2) is 0 Å². The minimum atomic E-state index is 0.605. The lowest BCUT2D eigenvalue weighted by Crippen LogP contribution is -1.81. The van der Waals surface area contributed by atoms with Gasteiger partial charge in [-0.2, -0.15) is 0 Å². The van der Waals surface area contributed by atoms with Crippen LogP contribution in [0.3, 0.4) is 0 Å². The van der Waals surface area contributed by atoms with Gasteiger partial charge in [0.1, 0.15) is 0 Å². The van der Waals surface area contributed by atoms with E-state index in [1.807, 2.05) is 0 Å². The van der Waals surface area contributed by atoms with Gasteiger partial charge < -0.3 is 0 Å². The summed E-state index contributed by atoms with van der Waals surface area (Å²) in [7, 11) is 0. The molecule has 0 amide bonds. The zero-order valence-electron chi connectivity index (χ0n) is 4.33. The number of rotatable bonds is 3. The highest BCUT2D eigenvalue weighted by Crippen LogP contribution is 1.89. The standard InChI is InChI=1S/C5H12N/c1-2-3-4-5-6/h6H,2-5H2,1H3. The molecule has 0 aromatic rings. The van der Waals surface area contributed by atoms with Crippen LogP contribution in [0.15, 0.2) is 0 Å². The topological polar surface area (TPSA) is 23.8 Å². The summed E-state index contributed by atoms with van der Waals surface area (Å²) in [6, 6.07) is 0. The molecule has 0 aliphatic carbocycles. The van der Waals surface area contributed by atoms with E-state index in [0.717, 1.165) is 6.42 Å². The van der Waals surface area contributed by atoms with E-state index in [1.165, 1.54) is 12.8 Å². The number of unbranched alkanes of at least 4 members (excludes halogenated alkanes) is 2. The molecule has 1 radical (unpaired) electrons. The average molecular weight is 86.2 g/mol. The second kappa shape index (κ2) is 4.96. The molecule has 0 saturated heterocycles. The van der Waals surface area contributed by atoms with Crippen molar-refractivity contribution in [2.45, 2.75) is 26.2 Å². The predicted molar refractivity (Wildman–Crippen MR) is 27.5 cm³/mol. The van der Waals surface area contributed by atoms with Gasteiger partial charge in [-0.3, -0.25) is 5.73 Å². The number of nitrogens with one attached hydrogen (secondary N) is 1. The Bertz CT molecular complexity index is 15.9. The summed E-state index contributed by atoms with van der Waals surface area (Å²) in [6.07, 6.45) is 3.54. The largest absolute Gasteiger partial charge is 0.258 e. The molecule has 0 bridgehead atoms. The van der Waals surface area contributed by atoms with Gasteiger partial charge in [0, 0.05) is 6.54 Å². The van der Waals surface area contributed by atoms with Gasteiger partial charge in [0.15, 0.2) is 0 Å². The molecule has 0 heterocycles. The zero-order chi connectivity index (χ0) is 4.83. The Balaban J connectivity index is 2.34. The summed E-state index contributed by atoms with van der Waals surface area (Å²) in [6.45, 7) is 2.75. The van der Waals surface area contributed by atoms with E-state index in [1.54, 1.807) is 0 Å². The second-order valence-electron chi connectivity index (χ2n) is 1.46. The van der Waals surface area contributed by atoms with Crippen molar-refractivity contribution in [1.29, 1.82) is 0 Å². The van der Waals surface area contributed by atoms with Crippen LogP contribution in [0.25, 0.3) is 0 Å². The number of hydrogen-bond acceptors (Lipinski definition) is 0. The van der Waals surface area contributed by atoms with Gasteiger partial charge >= 0.3 is 0 Å². The molecule has 0 fully saturated rings. The summed E-state index contributed by atoms with van der Waals surface area (Å²) in [5.74, 6) is 0. The van der Waals surface area contributed by atoms with Crippen LogP contribution in [-0.2, 0) is 0 Å². The molecule has 1 heteroatoms. The fourth-order valence-electron chi connectivity index (χ4n) is 0.375. The van der Waals surface area contributed by atoms with Gasteiger partial charge in [0.2, 0.25) is 0 Å². The van der Waals surface area contributed by atoms with Gasteiger partial charge in [-0.05, 0) is 6.42 Å². The van der Waals surface area contributed by atoms with E-state index in [-0.39, 0.29) is 0 Å². The van der Waals surface area contributed by atoms with E-state index < -0.39 is 0 Å². The Morgan fingerprint density at radius 1 is 1.33 bits per heavy atom. The highest BCUT2D eigenvalue weighted by molar-refractivity contribution is 4.34. The highest BCUT2D eigenvalue weighted by atomic mass is 14.5. The van der Waals surface area contributed by atoms with Crippen LogP contribution < -0.4 is 5.73 Å². The Labute approximate surface area is 39.5 Å². The van der Waals surface area contributed by atoms with E-state index in [0.29, 0.717) is 6.54 Å². The van der Waals surface area contributed by atoms with Crippen LogP contribution in [0, 0.1) is 0 Å². The normalized spacial score (nSPS) is 9.00. The van der Waals surface area contributed by atoms with Gasteiger partial charge in [0.25, 0.3) is 0 Å². The molecule has 0 aromatic carbocycles. The maximum atomic E-state index is 6.71. The SMILES string of the molecule is CCCCC[NH]. The van der Waals surface area contributed by atoms with Gasteiger partial charge in [-0.1, -0.05) is 19.8 Å². The molecule has 0 atom stereocenters. The highest BCUT2D eigenvalue weighted by Gasteiger charge is 1.76. The molecule has 0 unspecified atom stereocenters. The van der Waals surface area contributed by atoms with Crippen molar-refractivity contribution in [1.82, 2.24) is 5.73 Å². The van der Waals surface area contributed by atoms with Crippen molar-refractivity contribution in [2.24, 2.45) is 0 Å². The first kappa shape index (κ1) is 5.96. The summed E-state index contributed by atoms with van der Waals surface area (Å²) in [5, 5.41) is 0. The van der Waals surface area contributed by atoms with E-state index in [4.69, 9.17) is 5.73 Å². The maximum Gasteiger partial charge on any atom is 0.00997 e. The Morgan fingerprint density at radius 2 is 2.00 bits per heavy atom. The zero-order valence-corrected chi connectivity index (χ0v) is 4.33. The first-order valence-corrected chi connectivity index (χ1v) is 2.56. The third kappa shape index (κ3) is 3.96. The summed E-state index contributed by atoms with van der Waals surface area (Å²) in [4.78, 5) is 0. The fourth-order valence-corrected chi connectivity index (χ4v) is 0.375. The molecule has 0 rings (SSSR count). The van der Waals surface area contributed by atoms with Crippen molar-refractivity contribution in [2.75, 3.05) is 6.54 Å². The van der Waals surface area contributed by atoms with Crippen molar-refractivity contribution >= 4 is 0 Å². The van der Waals surface area contributed by atoms with Gasteiger partial charge in [0.05, 0.1) is 0 Å². The van der Waals surface area contributed by atoms with E-state index >= 15 is 0 Å². The summed E-state index contributed by atoms with van der Waals surface area (Å²) < 4.78 is 0. The fraction of sp³-hybridized carbons (Fsp3) is 1.00. The van der Waals surface area contributed by atoms with Crippen molar-refractivity contribution in [3.63, 3.8) is 0 Å². The van der Waals surface area contributed by atoms with Gasteiger partial charge in [-0.15, -0.1) is 0 Å². The monoisotopic (exact) mass is 86.1 g/mol. The molecule has 0 spiro atoms. The smallest absolute Gasteiger partial charge is 0.00997 e. The molecule has 0 aliphatic heterocycles. The number of hydrogen-bond donors (Lipinski definition) is 0. The van der Waals surface area contributed by atoms with E-state index in [2.05, 4.69) is 6.92 Å². The molecule has 6 heavy (non-hydrogen) atoms. The van der Waals surface area contributed by atoms with Crippen LogP contribution in [0.2, 0.25) is 0 Å². The van der Waals surface area contributed by atoms with Crippen LogP contribution in [-0.4, -0.2) is 6.54 Å². The van der Waals surface area contributed by atoms with Crippen molar-refractivity contribution in [3.8, 4) is 0 Å². The van der Waals surface area contributed by atoms with Crippen LogP contribution >= 0.6 is 0 Å². The van der Waals surface area contributed by atoms with Crippen LogP contribution in [0.4, 0.5) is 0 Å². The molecule has 0 saturated carbocycles. The Hall–Kier alpha value is -0.0400.